The van der Waals surface area contributed by atoms with Crippen LogP contribution in [0.15, 0.2) is 18.2 Å². The Hall–Kier alpha value is -1.35. The standard InChI is InChI=1S/C14H19NO2/c1-3-9-4-5-13(17-2)12(6-9)14(16)10-7-11(15)8-10/h4-6,10-11H,3,7-8,15H2,1-2H3. The number of ketones is 1. The molecule has 0 atom stereocenters. The molecule has 1 aromatic carbocycles. The van der Waals surface area contributed by atoms with E-state index in [9.17, 15) is 4.79 Å². The van der Waals surface area contributed by atoms with Gasteiger partial charge in [0.25, 0.3) is 0 Å². The van der Waals surface area contributed by atoms with E-state index >= 15 is 0 Å². The van der Waals surface area contributed by atoms with Gasteiger partial charge in [0.05, 0.1) is 12.7 Å². The molecular formula is C14H19NO2. The number of benzene rings is 1. The van der Waals surface area contributed by atoms with E-state index in [1.165, 1.54) is 0 Å². The number of carbonyl (C=O) groups is 1. The molecule has 0 aliphatic heterocycles. The molecular weight excluding hydrogens is 214 g/mol. The SMILES string of the molecule is CCc1ccc(OC)c(C(=O)C2CC(N)C2)c1. The first-order valence-electron chi connectivity index (χ1n) is 6.12. The van der Waals surface area contributed by atoms with Crippen molar-refractivity contribution in [2.45, 2.75) is 32.2 Å². The summed E-state index contributed by atoms with van der Waals surface area (Å²) >= 11 is 0. The number of hydrogen-bond donors (Lipinski definition) is 1. The van der Waals surface area contributed by atoms with E-state index in [1.54, 1.807) is 7.11 Å². The zero-order valence-electron chi connectivity index (χ0n) is 10.4. The molecule has 1 saturated carbocycles. The Morgan fingerprint density at radius 2 is 2.18 bits per heavy atom. The van der Waals surface area contributed by atoms with Crippen LogP contribution < -0.4 is 10.5 Å². The molecule has 2 N–H and O–H groups in total. The van der Waals surface area contributed by atoms with Gasteiger partial charge in [-0.3, -0.25) is 4.79 Å². The summed E-state index contributed by atoms with van der Waals surface area (Å²) in [6.07, 6.45) is 2.53. The number of methoxy groups -OCH3 is 1. The predicted octanol–water partition coefficient (Wildman–Crippen LogP) is 2.18. The lowest BCUT2D eigenvalue weighted by Gasteiger charge is -2.31. The van der Waals surface area contributed by atoms with Crippen molar-refractivity contribution in [2.75, 3.05) is 7.11 Å². The predicted molar refractivity (Wildman–Crippen MR) is 67.4 cm³/mol. The van der Waals surface area contributed by atoms with Gasteiger partial charge in [-0.2, -0.15) is 0 Å². The van der Waals surface area contributed by atoms with Crippen LogP contribution in [-0.2, 0) is 6.42 Å². The lowest BCUT2D eigenvalue weighted by Crippen LogP contribution is -2.40. The van der Waals surface area contributed by atoms with Crippen LogP contribution in [0.25, 0.3) is 0 Å². The van der Waals surface area contributed by atoms with E-state index in [1.807, 2.05) is 18.2 Å². The Morgan fingerprint density at radius 1 is 1.47 bits per heavy atom. The number of rotatable bonds is 4. The van der Waals surface area contributed by atoms with Gasteiger partial charge in [-0.1, -0.05) is 13.0 Å². The lowest BCUT2D eigenvalue weighted by molar-refractivity contribution is 0.0829. The number of Topliss-reactive ketones (excluding diaryl/α,β-unsaturated/α-hetero) is 1. The van der Waals surface area contributed by atoms with Crippen LogP contribution in [0, 0.1) is 5.92 Å². The number of ether oxygens (including phenoxy) is 1. The molecule has 0 heterocycles. The first-order valence-corrected chi connectivity index (χ1v) is 6.12. The summed E-state index contributed by atoms with van der Waals surface area (Å²) in [5.74, 6) is 0.942. The van der Waals surface area contributed by atoms with Crippen molar-refractivity contribution < 1.29 is 9.53 Å². The van der Waals surface area contributed by atoms with Gasteiger partial charge >= 0.3 is 0 Å². The average Bonchev–Trinajstić information content (AvgIpc) is 2.33. The van der Waals surface area contributed by atoms with Crippen molar-refractivity contribution in [2.24, 2.45) is 11.7 Å². The minimum absolute atomic E-state index is 0.0889. The molecule has 3 nitrogen and oxygen atoms in total. The van der Waals surface area contributed by atoms with Gasteiger partial charge in [0, 0.05) is 12.0 Å². The highest BCUT2D eigenvalue weighted by Gasteiger charge is 2.33. The molecule has 0 radical (unpaired) electrons. The van der Waals surface area contributed by atoms with Crippen molar-refractivity contribution in [3.8, 4) is 5.75 Å². The Balaban J connectivity index is 2.25. The Kier molecular flexibility index (Phi) is 3.48. The van der Waals surface area contributed by atoms with Crippen molar-refractivity contribution in [1.29, 1.82) is 0 Å². The molecule has 0 unspecified atom stereocenters. The summed E-state index contributed by atoms with van der Waals surface area (Å²) in [6.45, 7) is 2.08. The second-order valence-electron chi connectivity index (χ2n) is 4.68. The van der Waals surface area contributed by atoms with E-state index in [0.717, 1.165) is 24.8 Å². The van der Waals surface area contributed by atoms with Crippen LogP contribution in [0.1, 0.15) is 35.7 Å². The number of aryl methyl sites for hydroxylation is 1. The monoisotopic (exact) mass is 233 g/mol. The normalized spacial score (nSPS) is 23.0. The second kappa shape index (κ2) is 4.88. The summed E-state index contributed by atoms with van der Waals surface area (Å²) in [4.78, 5) is 12.3. The molecule has 2 rings (SSSR count). The smallest absolute Gasteiger partial charge is 0.169 e. The van der Waals surface area contributed by atoms with Crippen molar-refractivity contribution >= 4 is 5.78 Å². The van der Waals surface area contributed by atoms with Crippen LogP contribution in [0.5, 0.6) is 5.75 Å². The molecule has 3 heteroatoms. The fourth-order valence-electron chi connectivity index (χ4n) is 2.26. The maximum Gasteiger partial charge on any atom is 0.169 e. The average molecular weight is 233 g/mol. The number of carbonyl (C=O) groups excluding carboxylic acids is 1. The Bertz CT molecular complexity index is 422. The van der Waals surface area contributed by atoms with Crippen molar-refractivity contribution in [3.05, 3.63) is 29.3 Å². The first kappa shape index (κ1) is 12.1. The molecule has 0 amide bonds. The third-order valence-electron chi connectivity index (χ3n) is 3.48. The van der Waals surface area contributed by atoms with Gasteiger partial charge in [-0.05, 0) is 37.0 Å². The van der Waals surface area contributed by atoms with Crippen molar-refractivity contribution in [1.82, 2.24) is 0 Å². The molecule has 0 saturated heterocycles. The van der Waals surface area contributed by atoms with E-state index in [-0.39, 0.29) is 17.7 Å². The minimum Gasteiger partial charge on any atom is -0.496 e. The molecule has 1 aliphatic rings. The highest BCUT2D eigenvalue weighted by molar-refractivity contribution is 6.01. The van der Waals surface area contributed by atoms with E-state index in [0.29, 0.717) is 11.3 Å². The summed E-state index contributed by atoms with van der Waals surface area (Å²) in [6, 6.07) is 6.03. The quantitative estimate of drug-likeness (QED) is 0.811. The summed E-state index contributed by atoms with van der Waals surface area (Å²) in [7, 11) is 1.60. The van der Waals surface area contributed by atoms with Gasteiger partial charge in [-0.15, -0.1) is 0 Å². The molecule has 0 spiro atoms. The lowest BCUT2D eigenvalue weighted by atomic mass is 9.76. The fraction of sp³-hybridized carbons (Fsp3) is 0.500. The maximum atomic E-state index is 12.3. The van der Waals surface area contributed by atoms with Crippen LogP contribution in [0.4, 0.5) is 0 Å². The number of nitrogens with two attached hydrogens (primary N) is 1. The summed E-state index contributed by atoms with van der Waals surface area (Å²) in [5.41, 5.74) is 7.60. The fourth-order valence-corrected chi connectivity index (χ4v) is 2.26. The zero-order valence-corrected chi connectivity index (χ0v) is 10.4. The minimum atomic E-state index is 0.0889. The zero-order chi connectivity index (χ0) is 12.4. The highest BCUT2D eigenvalue weighted by Crippen LogP contribution is 2.32. The van der Waals surface area contributed by atoms with Gasteiger partial charge in [-0.25, -0.2) is 0 Å². The van der Waals surface area contributed by atoms with Gasteiger partial charge in [0.1, 0.15) is 5.75 Å². The van der Waals surface area contributed by atoms with Crippen LogP contribution in [-0.4, -0.2) is 18.9 Å². The van der Waals surface area contributed by atoms with Crippen LogP contribution >= 0.6 is 0 Å². The van der Waals surface area contributed by atoms with Gasteiger partial charge in [0.15, 0.2) is 5.78 Å². The van der Waals surface area contributed by atoms with Gasteiger partial charge < -0.3 is 10.5 Å². The van der Waals surface area contributed by atoms with Crippen LogP contribution in [0.3, 0.4) is 0 Å². The Labute approximate surface area is 102 Å². The second-order valence-corrected chi connectivity index (χ2v) is 4.68. The Morgan fingerprint density at radius 3 is 2.71 bits per heavy atom. The molecule has 92 valence electrons. The molecule has 1 fully saturated rings. The molecule has 0 aromatic heterocycles. The largest absolute Gasteiger partial charge is 0.496 e. The van der Waals surface area contributed by atoms with Gasteiger partial charge in [0.2, 0.25) is 0 Å². The molecule has 0 bridgehead atoms. The summed E-state index contributed by atoms with van der Waals surface area (Å²) in [5, 5.41) is 0. The van der Waals surface area contributed by atoms with Crippen molar-refractivity contribution in [3.63, 3.8) is 0 Å². The third-order valence-corrected chi connectivity index (χ3v) is 3.48. The molecule has 17 heavy (non-hydrogen) atoms. The van der Waals surface area contributed by atoms with Crippen LogP contribution in [0.2, 0.25) is 0 Å². The van der Waals surface area contributed by atoms with E-state index in [2.05, 4.69) is 6.92 Å². The highest BCUT2D eigenvalue weighted by atomic mass is 16.5. The first-order chi connectivity index (χ1) is 8.15. The van der Waals surface area contributed by atoms with E-state index in [4.69, 9.17) is 10.5 Å². The third kappa shape index (κ3) is 2.34. The van der Waals surface area contributed by atoms with E-state index < -0.39 is 0 Å². The number of hydrogen-bond acceptors (Lipinski definition) is 3. The topological polar surface area (TPSA) is 52.3 Å². The maximum absolute atomic E-state index is 12.3. The molecule has 1 aromatic rings. The summed E-state index contributed by atoms with van der Waals surface area (Å²) < 4.78 is 5.26. The molecule has 1 aliphatic carbocycles.